The molecule has 0 aromatic carbocycles. The smallest absolute Gasteiger partial charge is 0.329 e. The van der Waals surface area contributed by atoms with Gasteiger partial charge in [-0.05, 0) is 31.6 Å². The van der Waals surface area contributed by atoms with Gasteiger partial charge >= 0.3 is 5.69 Å². The van der Waals surface area contributed by atoms with Crippen LogP contribution in [0, 0.1) is 16.0 Å². The largest absolute Gasteiger partial charge is 0.347 e. The summed E-state index contributed by atoms with van der Waals surface area (Å²) in [5.41, 5.74) is 2.33. The molecule has 1 saturated heterocycles. The molecular weight excluding hydrogens is 272 g/mol. The molecule has 2 aliphatic rings. The predicted octanol–water partition coefficient (Wildman–Crippen LogP) is 1.83. The number of nitrogens with two attached hydrogens (primary N) is 1. The third-order valence-corrected chi connectivity index (χ3v) is 4.59. The van der Waals surface area contributed by atoms with E-state index in [1.54, 1.807) is 0 Å². The predicted molar refractivity (Wildman–Crippen MR) is 78.8 cm³/mol. The molecule has 3 N–H and O–H groups in total. The Morgan fingerprint density at radius 2 is 2.10 bits per heavy atom. The van der Waals surface area contributed by atoms with Crippen LogP contribution in [0.15, 0.2) is 6.20 Å². The first-order chi connectivity index (χ1) is 10.2. The number of nitrogens with zero attached hydrogens (tertiary/aromatic N) is 4. The molecule has 1 atom stereocenters. The van der Waals surface area contributed by atoms with Crippen LogP contribution in [0.25, 0.3) is 0 Å². The number of aromatic nitrogens is 2. The first-order valence-corrected chi connectivity index (χ1v) is 7.45. The summed E-state index contributed by atoms with van der Waals surface area (Å²) >= 11 is 0. The quantitative estimate of drug-likeness (QED) is 0.494. The first-order valence-electron chi connectivity index (χ1n) is 7.45. The summed E-state index contributed by atoms with van der Waals surface area (Å²) in [5, 5.41) is 11.3. The van der Waals surface area contributed by atoms with Crippen molar-refractivity contribution in [3.63, 3.8) is 0 Å². The van der Waals surface area contributed by atoms with Gasteiger partial charge in [0, 0.05) is 12.6 Å². The molecule has 0 spiro atoms. The Balaban J connectivity index is 1.95. The third-order valence-electron chi connectivity index (χ3n) is 4.59. The van der Waals surface area contributed by atoms with Crippen molar-refractivity contribution in [3.8, 4) is 0 Å². The number of hydrogen-bond donors (Lipinski definition) is 2. The number of hydrogen-bond acceptors (Lipinski definition) is 7. The van der Waals surface area contributed by atoms with Gasteiger partial charge in [-0.1, -0.05) is 12.8 Å². The molecule has 0 bridgehead atoms. The summed E-state index contributed by atoms with van der Waals surface area (Å²) in [6.45, 7) is 0.809. The summed E-state index contributed by atoms with van der Waals surface area (Å²) in [4.78, 5) is 21.0. The lowest BCUT2D eigenvalue weighted by atomic mass is 9.96. The minimum atomic E-state index is -0.417. The highest BCUT2D eigenvalue weighted by Gasteiger charge is 2.37. The molecule has 1 saturated carbocycles. The molecule has 21 heavy (non-hydrogen) atoms. The highest BCUT2D eigenvalue weighted by atomic mass is 16.6. The van der Waals surface area contributed by atoms with Gasteiger partial charge in [0.15, 0.2) is 0 Å². The number of nitro groups is 1. The van der Waals surface area contributed by atoms with Crippen LogP contribution in [0.5, 0.6) is 0 Å². The molecule has 8 heteroatoms. The molecule has 1 aromatic rings. The molecular formula is C13H20N6O2. The van der Waals surface area contributed by atoms with Crippen LogP contribution in [0.3, 0.4) is 0 Å². The van der Waals surface area contributed by atoms with E-state index >= 15 is 0 Å². The van der Waals surface area contributed by atoms with Crippen LogP contribution in [0.4, 0.5) is 17.5 Å². The SMILES string of the molecule is NNc1ncc([N+](=O)[O-])c(N2CCCC2C2CCCC2)n1. The fourth-order valence-corrected chi connectivity index (χ4v) is 3.66. The van der Waals surface area contributed by atoms with Gasteiger partial charge in [0.25, 0.3) is 0 Å². The minimum Gasteiger partial charge on any atom is -0.347 e. The number of rotatable bonds is 4. The van der Waals surface area contributed by atoms with Crippen molar-refractivity contribution in [2.45, 2.75) is 44.6 Å². The zero-order chi connectivity index (χ0) is 14.8. The Morgan fingerprint density at radius 3 is 2.76 bits per heavy atom. The Labute approximate surface area is 122 Å². The van der Waals surface area contributed by atoms with Gasteiger partial charge in [0.2, 0.25) is 11.8 Å². The molecule has 0 amide bonds. The van der Waals surface area contributed by atoms with Crippen LogP contribution in [0.2, 0.25) is 0 Å². The van der Waals surface area contributed by atoms with Gasteiger partial charge in [0.1, 0.15) is 6.20 Å². The lowest BCUT2D eigenvalue weighted by molar-refractivity contribution is -0.384. The highest BCUT2D eigenvalue weighted by molar-refractivity contribution is 5.60. The maximum Gasteiger partial charge on any atom is 0.329 e. The van der Waals surface area contributed by atoms with E-state index < -0.39 is 4.92 Å². The average molecular weight is 292 g/mol. The zero-order valence-corrected chi connectivity index (χ0v) is 11.9. The second-order valence-corrected chi connectivity index (χ2v) is 5.75. The highest BCUT2D eigenvalue weighted by Crippen LogP contribution is 2.39. The van der Waals surface area contributed by atoms with Gasteiger partial charge in [0.05, 0.1) is 4.92 Å². The van der Waals surface area contributed by atoms with Crippen molar-refractivity contribution in [2.75, 3.05) is 16.9 Å². The van der Waals surface area contributed by atoms with Crippen LogP contribution in [0.1, 0.15) is 38.5 Å². The Morgan fingerprint density at radius 1 is 1.33 bits per heavy atom. The number of anilines is 2. The van der Waals surface area contributed by atoms with Crippen molar-refractivity contribution in [1.29, 1.82) is 0 Å². The molecule has 114 valence electrons. The molecule has 2 heterocycles. The molecule has 2 fully saturated rings. The Hall–Kier alpha value is -1.96. The van der Waals surface area contributed by atoms with E-state index in [9.17, 15) is 10.1 Å². The normalized spacial score (nSPS) is 22.7. The lowest BCUT2D eigenvalue weighted by Gasteiger charge is -2.30. The van der Waals surface area contributed by atoms with Crippen molar-refractivity contribution >= 4 is 17.5 Å². The van der Waals surface area contributed by atoms with Crippen LogP contribution >= 0.6 is 0 Å². The summed E-state index contributed by atoms with van der Waals surface area (Å²) in [7, 11) is 0. The third kappa shape index (κ3) is 2.63. The van der Waals surface area contributed by atoms with E-state index in [2.05, 4.69) is 20.3 Å². The number of nitrogens with one attached hydrogen (secondary N) is 1. The molecule has 1 unspecified atom stereocenters. The second-order valence-electron chi connectivity index (χ2n) is 5.75. The van der Waals surface area contributed by atoms with Crippen molar-refractivity contribution in [2.24, 2.45) is 11.8 Å². The molecule has 0 radical (unpaired) electrons. The van der Waals surface area contributed by atoms with E-state index in [4.69, 9.17) is 5.84 Å². The standard InChI is InChI=1S/C13H20N6O2/c14-17-13-15-8-11(19(20)21)12(16-13)18-7-3-6-10(18)9-4-1-2-5-9/h8-10H,1-7,14H2,(H,15,16,17). The van der Waals surface area contributed by atoms with E-state index in [1.165, 1.54) is 31.9 Å². The lowest BCUT2D eigenvalue weighted by Crippen LogP contribution is -2.36. The Kier molecular flexibility index (Phi) is 3.87. The average Bonchev–Trinajstić information content (AvgIpc) is 3.16. The number of nitrogen functional groups attached to an aromatic ring is 1. The molecule has 1 aromatic heterocycles. The maximum atomic E-state index is 11.3. The van der Waals surface area contributed by atoms with Crippen LogP contribution in [-0.4, -0.2) is 27.5 Å². The van der Waals surface area contributed by atoms with E-state index in [0.29, 0.717) is 17.8 Å². The summed E-state index contributed by atoms with van der Waals surface area (Å²) in [6.07, 6.45) is 8.31. The van der Waals surface area contributed by atoms with Gasteiger partial charge in [-0.15, -0.1) is 0 Å². The van der Waals surface area contributed by atoms with Crippen molar-refractivity contribution < 1.29 is 4.92 Å². The van der Waals surface area contributed by atoms with Crippen LogP contribution in [-0.2, 0) is 0 Å². The fraction of sp³-hybridized carbons (Fsp3) is 0.692. The van der Waals surface area contributed by atoms with Gasteiger partial charge in [-0.3, -0.25) is 15.5 Å². The molecule has 1 aliphatic heterocycles. The summed E-state index contributed by atoms with van der Waals surface area (Å²) in [6, 6.07) is 0.353. The Bertz CT molecular complexity index is 531. The fourth-order valence-electron chi connectivity index (χ4n) is 3.66. The van der Waals surface area contributed by atoms with E-state index in [0.717, 1.165) is 19.4 Å². The van der Waals surface area contributed by atoms with E-state index in [1.807, 2.05) is 0 Å². The first kappa shape index (κ1) is 14.0. The monoisotopic (exact) mass is 292 g/mol. The second kappa shape index (κ2) is 5.80. The molecule has 1 aliphatic carbocycles. The molecule has 8 nitrogen and oxygen atoms in total. The van der Waals surface area contributed by atoms with Gasteiger partial charge in [-0.2, -0.15) is 4.98 Å². The van der Waals surface area contributed by atoms with Gasteiger partial charge < -0.3 is 4.90 Å². The van der Waals surface area contributed by atoms with Gasteiger partial charge in [-0.25, -0.2) is 10.8 Å². The van der Waals surface area contributed by atoms with E-state index in [-0.39, 0.29) is 11.6 Å². The van der Waals surface area contributed by atoms with Crippen LogP contribution < -0.4 is 16.2 Å². The number of hydrazine groups is 1. The zero-order valence-electron chi connectivity index (χ0n) is 11.9. The topological polar surface area (TPSA) is 110 Å². The van der Waals surface area contributed by atoms with Crippen molar-refractivity contribution in [3.05, 3.63) is 16.3 Å². The maximum absolute atomic E-state index is 11.3. The molecule has 3 rings (SSSR count). The minimum absolute atomic E-state index is 0.0427. The summed E-state index contributed by atoms with van der Waals surface area (Å²) < 4.78 is 0. The van der Waals surface area contributed by atoms with Crippen molar-refractivity contribution in [1.82, 2.24) is 9.97 Å². The summed E-state index contributed by atoms with van der Waals surface area (Å²) in [5.74, 6) is 6.57.